The number of piperazine rings is 1. The number of nitrogens with zero attached hydrogens (tertiary/aromatic N) is 3. The van der Waals surface area contributed by atoms with Gasteiger partial charge in [-0.3, -0.25) is 19.4 Å². The largest absolute Gasteiger partial charge is 0.351 e. The molecule has 4 rings (SSSR count). The van der Waals surface area contributed by atoms with Crippen molar-refractivity contribution in [3.63, 3.8) is 0 Å². The Morgan fingerprint density at radius 3 is 2.67 bits per heavy atom. The van der Waals surface area contributed by atoms with Crippen molar-refractivity contribution in [2.24, 2.45) is 0 Å². The van der Waals surface area contributed by atoms with E-state index in [1.54, 1.807) is 4.90 Å². The van der Waals surface area contributed by atoms with E-state index in [9.17, 15) is 19.2 Å². The molecule has 1 aromatic rings. The second-order valence-electron chi connectivity index (χ2n) is 8.87. The highest BCUT2D eigenvalue weighted by molar-refractivity contribution is 5.98. The molecule has 3 fully saturated rings. The van der Waals surface area contributed by atoms with E-state index >= 15 is 0 Å². The van der Waals surface area contributed by atoms with E-state index < -0.39 is 18.1 Å². The predicted octanol–water partition coefficient (Wildman–Crippen LogP) is 0.0864. The minimum absolute atomic E-state index is 0.142. The van der Waals surface area contributed by atoms with Gasteiger partial charge in [-0.1, -0.05) is 19.3 Å². The molecule has 1 aliphatic carbocycles. The van der Waals surface area contributed by atoms with Gasteiger partial charge in [0.15, 0.2) is 0 Å². The average molecular weight is 458 g/mol. The topological polar surface area (TPSA) is 145 Å². The molecule has 178 valence electrons. The highest BCUT2D eigenvalue weighted by atomic mass is 16.2. The number of rotatable bonds is 7. The van der Waals surface area contributed by atoms with Gasteiger partial charge in [-0.05, 0) is 32.1 Å². The van der Waals surface area contributed by atoms with E-state index in [2.05, 4.69) is 31.2 Å². The van der Waals surface area contributed by atoms with E-state index in [1.165, 1.54) is 25.0 Å². The molecule has 3 heterocycles. The van der Waals surface area contributed by atoms with Crippen molar-refractivity contribution in [3.8, 4) is 0 Å². The lowest BCUT2D eigenvalue weighted by molar-refractivity contribution is -0.147. The van der Waals surface area contributed by atoms with Crippen molar-refractivity contribution >= 4 is 23.8 Å². The highest BCUT2D eigenvalue weighted by Crippen LogP contribution is 2.24. The summed E-state index contributed by atoms with van der Waals surface area (Å²) in [4.78, 5) is 59.5. The molecular weight excluding hydrogens is 426 g/mol. The summed E-state index contributed by atoms with van der Waals surface area (Å²) in [6.45, 7) is 0.787. The summed E-state index contributed by atoms with van der Waals surface area (Å²) in [5.74, 6) is -0.720. The molecule has 4 N–H and O–H groups in total. The van der Waals surface area contributed by atoms with Gasteiger partial charge < -0.3 is 26.2 Å². The molecule has 0 aromatic carbocycles. The van der Waals surface area contributed by atoms with Crippen LogP contribution in [0.25, 0.3) is 0 Å². The molecule has 0 bridgehead atoms. The van der Waals surface area contributed by atoms with Crippen LogP contribution in [0.2, 0.25) is 0 Å². The van der Waals surface area contributed by atoms with Crippen LogP contribution in [0.3, 0.4) is 0 Å². The Kier molecular flexibility index (Phi) is 7.36. The van der Waals surface area contributed by atoms with Crippen LogP contribution in [0.1, 0.15) is 61.9 Å². The summed E-state index contributed by atoms with van der Waals surface area (Å²) >= 11 is 0. The summed E-state index contributed by atoms with van der Waals surface area (Å²) in [6.07, 6.45) is 11.2. The van der Waals surface area contributed by atoms with Crippen LogP contribution in [0.5, 0.6) is 0 Å². The number of hydrogen-bond donors (Lipinski definition) is 4. The first-order valence-electron chi connectivity index (χ1n) is 11.7. The zero-order valence-electron chi connectivity index (χ0n) is 18.6. The van der Waals surface area contributed by atoms with Gasteiger partial charge in [-0.15, -0.1) is 0 Å². The molecule has 0 unspecified atom stereocenters. The first-order valence-corrected chi connectivity index (χ1v) is 11.7. The van der Waals surface area contributed by atoms with Gasteiger partial charge in [-0.2, -0.15) is 0 Å². The number of hydrogen-bond acceptors (Lipinski definition) is 6. The van der Waals surface area contributed by atoms with Crippen molar-refractivity contribution < 1.29 is 19.2 Å². The van der Waals surface area contributed by atoms with E-state index in [4.69, 9.17) is 0 Å². The van der Waals surface area contributed by atoms with Gasteiger partial charge in [-0.25, -0.2) is 9.78 Å². The summed E-state index contributed by atoms with van der Waals surface area (Å²) in [5, 5.41) is 11.5. The van der Waals surface area contributed by atoms with E-state index in [0.717, 1.165) is 25.7 Å². The summed E-state index contributed by atoms with van der Waals surface area (Å²) in [6, 6.07) is -1.80. The van der Waals surface area contributed by atoms with E-state index in [0.29, 0.717) is 32.4 Å². The number of aromatic nitrogens is 2. The van der Waals surface area contributed by atoms with Crippen LogP contribution in [-0.2, 0) is 9.59 Å². The molecule has 33 heavy (non-hydrogen) atoms. The van der Waals surface area contributed by atoms with Crippen LogP contribution >= 0.6 is 0 Å². The first-order chi connectivity index (χ1) is 16.0. The average Bonchev–Trinajstić information content (AvgIpc) is 3.25. The van der Waals surface area contributed by atoms with Crippen LogP contribution < -0.4 is 21.3 Å². The van der Waals surface area contributed by atoms with Crippen LogP contribution in [0.15, 0.2) is 18.6 Å². The van der Waals surface area contributed by atoms with Gasteiger partial charge in [0.2, 0.25) is 11.8 Å². The molecule has 0 radical (unpaired) electrons. The predicted molar refractivity (Wildman–Crippen MR) is 118 cm³/mol. The fourth-order valence-corrected chi connectivity index (χ4v) is 4.89. The molecule has 5 amide bonds. The van der Waals surface area contributed by atoms with E-state index in [1.807, 2.05) is 0 Å². The van der Waals surface area contributed by atoms with Gasteiger partial charge in [0.25, 0.3) is 5.91 Å². The van der Waals surface area contributed by atoms with E-state index in [-0.39, 0.29) is 35.5 Å². The third-order valence-electron chi connectivity index (χ3n) is 6.57. The molecule has 1 aromatic heterocycles. The van der Waals surface area contributed by atoms with Gasteiger partial charge >= 0.3 is 6.03 Å². The molecule has 3 aliphatic rings. The van der Waals surface area contributed by atoms with Crippen LogP contribution in [0.4, 0.5) is 4.79 Å². The fourth-order valence-electron chi connectivity index (χ4n) is 4.89. The Morgan fingerprint density at radius 1 is 1.09 bits per heavy atom. The standard InChI is InChI=1S/C22H31N7O4/c30-19(17-13-23-10-11-24-17)25-9-4-7-16-21(32)29-12-8-15(18(29)20(31)27-16)28-22(33)26-14-5-2-1-3-6-14/h10-11,13-16,18H,1-9,12H2,(H,25,30)(H,27,31)(H2,26,28,33)/t15-,16+,18-/m0/s1. The van der Waals surface area contributed by atoms with Crippen LogP contribution in [-0.4, -0.2) is 75.9 Å². The van der Waals surface area contributed by atoms with Crippen molar-refractivity contribution in [3.05, 3.63) is 24.3 Å². The van der Waals surface area contributed by atoms with Crippen molar-refractivity contribution in [1.29, 1.82) is 0 Å². The third-order valence-corrected chi connectivity index (χ3v) is 6.57. The monoisotopic (exact) mass is 457 g/mol. The molecule has 2 saturated heterocycles. The van der Waals surface area contributed by atoms with Crippen LogP contribution in [0, 0.1) is 0 Å². The minimum Gasteiger partial charge on any atom is -0.351 e. The smallest absolute Gasteiger partial charge is 0.315 e. The minimum atomic E-state index is -0.679. The third kappa shape index (κ3) is 5.58. The number of carbonyl (C=O) groups excluding carboxylic acids is 4. The molecule has 2 aliphatic heterocycles. The molecule has 11 heteroatoms. The zero-order valence-corrected chi connectivity index (χ0v) is 18.6. The maximum atomic E-state index is 12.9. The van der Waals surface area contributed by atoms with Gasteiger partial charge in [0.1, 0.15) is 17.8 Å². The maximum Gasteiger partial charge on any atom is 0.315 e. The molecular formula is C22H31N7O4. The fraction of sp³-hybridized carbons (Fsp3) is 0.636. The second kappa shape index (κ2) is 10.6. The van der Waals surface area contributed by atoms with Gasteiger partial charge in [0, 0.05) is 31.5 Å². The molecule has 11 nitrogen and oxygen atoms in total. The number of nitrogens with one attached hydrogen (secondary N) is 4. The lowest BCUT2D eigenvalue weighted by Crippen LogP contribution is -2.65. The first kappa shape index (κ1) is 22.9. The molecule has 3 atom stereocenters. The quantitative estimate of drug-likeness (QED) is 0.427. The van der Waals surface area contributed by atoms with Gasteiger partial charge in [0.05, 0.1) is 12.2 Å². The van der Waals surface area contributed by atoms with Crippen molar-refractivity contribution in [2.45, 2.75) is 75.5 Å². The van der Waals surface area contributed by atoms with Crippen molar-refractivity contribution in [1.82, 2.24) is 36.1 Å². The highest BCUT2D eigenvalue weighted by Gasteiger charge is 2.48. The second-order valence-corrected chi connectivity index (χ2v) is 8.87. The number of carbonyl (C=O) groups is 4. The Morgan fingerprint density at radius 2 is 1.91 bits per heavy atom. The lowest BCUT2D eigenvalue weighted by Gasteiger charge is -2.36. The SMILES string of the molecule is O=C(NC1CCCCC1)N[C@H]1CCN2C(=O)[C@@H](CCCNC(=O)c3cnccn3)NC(=O)[C@H]12. The normalized spacial score (nSPS) is 25.2. The number of fused-ring (bicyclic) bond motifs is 1. The summed E-state index contributed by atoms with van der Waals surface area (Å²) in [7, 11) is 0. The van der Waals surface area contributed by atoms with Crippen molar-refractivity contribution in [2.75, 3.05) is 13.1 Å². The lowest BCUT2D eigenvalue weighted by atomic mass is 9.96. The number of urea groups is 1. The Hall–Kier alpha value is -3.24. The number of amides is 5. The molecule has 0 spiro atoms. The zero-order chi connectivity index (χ0) is 23.2. The Bertz CT molecular complexity index is 875. The Balaban J connectivity index is 1.23. The summed E-state index contributed by atoms with van der Waals surface area (Å²) < 4.78 is 0. The maximum absolute atomic E-state index is 12.9. The summed E-state index contributed by atoms with van der Waals surface area (Å²) in [5.41, 5.74) is 0.227. The Labute approximate surface area is 192 Å². The molecule has 1 saturated carbocycles.